The van der Waals surface area contributed by atoms with E-state index < -0.39 is 0 Å². The molecule has 0 aliphatic heterocycles. The Morgan fingerprint density at radius 1 is 1.35 bits per heavy atom. The van der Waals surface area contributed by atoms with Gasteiger partial charge >= 0.3 is 0 Å². The molecule has 0 atom stereocenters. The fraction of sp³-hybridized carbons (Fsp3) is 0.444. The second kappa shape index (κ2) is 4.73. The molecule has 3 N–H and O–H groups in total. The van der Waals surface area contributed by atoms with E-state index in [0.717, 1.165) is 5.82 Å². The minimum Gasteiger partial charge on any atom is -0.368 e. The zero-order chi connectivity index (χ0) is 12.3. The zero-order valence-electron chi connectivity index (χ0n) is 9.75. The smallest absolute Gasteiger partial charge is 0.228 e. The van der Waals surface area contributed by atoms with Crippen molar-refractivity contribution in [3.8, 4) is 0 Å². The van der Waals surface area contributed by atoms with E-state index in [1.807, 2.05) is 18.5 Å². The minimum absolute atomic E-state index is 0.220. The summed E-state index contributed by atoms with van der Waals surface area (Å²) in [5.74, 6) is 2.13. The van der Waals surface area contributed by atoms with Crippen molar-refractivity contribution < 1.29 is 0 Å². The van der Waals surface area contributed by atoms with E-state index in [1.165, 1.54) is 0 Å². The summed E-state index contributed by atoms with van der Waals surface area (Å²) in [6.45, 7) is 2.45. The molecule has 2 aromatic heterocycles. The molecule has 90 valence electrons. The Balaban J connectivity index is 2.09. The molecule has 0 unspecified atom stereocenters. The summed E-state index contributed by atoms with van der Waals surface area (Å²) in [4.78, 5) is 12.2. The van der Waals surface area contributed by atoms with Crippen molar-refractivity contribution >= 4 is 11.9 Å². The largest absolute Gasteiger partial charge is 0.368 e. The number of nitrogens with one attached hydrogen (secondary N) is 1. The number of nitrogens with two attached hydrogens (primary N) is 1. The highest BCUT2D eigenvalue weighted by Crippen LogP contribution is 2.04. The first kappa shape index (κ1) is 11.2. The first-order valence-electron chi connectivity index (χ1n) is 5.26. The Bertz CT molecular complexity index is 505. The van der Waals surface area contributed by atoms with E-state index in [2.05, 4.69) is 30.5 Å². The van der Waals surface area contributed by atoms with E-state index in [-0.39, 0.29) is 5.95 Å². The number of anilines is 2. The van der Waals surface area contributed by atoms with Crippen LogP contribution in [0.2, 0.25) is 0 Å². The number of nitrogens with zero attached hydrogens (tertiary/aromatic N) is 6. The van der Waals surface area contributed by atoms with E-state index in [4.69, 9.17) is 5.73 Å². The molecule has 0 aromatic carbocycles. The standard InChI is InChI=1S/C9H14N8/c1-3-6-13-8(10)15-9(14-6)11-4-7-16-12-5-17(7)2/h5H,3-4H2,1-2H3,(H3,10,11,13,14,15). The quantitative estimate of drug-likeness (QED) is 0.751. The van der Waals surface area contributed by atoms with Gasteiger partial charge in [-0.05, 0) is 0 Å². The molecule has 2 aromatic rings. The highest BCUT2D eigenvalue weighted by atomic mass is 15.3. The summed E-state index contributed by atoms with van der Waals surface area (Å²) in [5, 5.41) is 10.8. The molecule has 0 aliphatic carbocycles. The fourth-order valence-electron chi connectivity index (χ4n) is 1.30. The molecule has 8 heteroatoms. The molecule has 2 heterocycles. The summed E-state index contributed by atoms with van der Waals surface area (Å²) in [5.41, 5.74) is 5.58. The highest BCUT2D eigenvalue weighted by molar-refractivity contribution is 5.31. The monoisotopic (exact) mass is 234 g/mol. The molecule has 0 saturated heterocycles. The van der Waals surface area contributed by atoms with Gasteiger partial charge in [0.05, 0.1) is 6.54 Å². The predicted octanol–water partition coefficient (Wildman–Crippen LogP) is -0.243. The van der Waals surface area contributed by atoms with Gasteiger partial charge in [-0.3, -0.25) is 0 Å². The molecule has 0 spiro atoms. The Morgan fingerprint density at radius 2 is 2.18 bits per heavy atom. The lowest BCUT2D eigenvalue weighted by atomic mass is 10.4. The third kappa shape index (κ3) is 2.65. The molecule has 8 nitrogen and oxygen atoms in total. The lowest BCUT2D eigenvalue weighted by Crippen LogP contribution is -2.11. The van der Waals surface area contributed by atoms with Crippen LogP contribution in [0.4, 0.5) is 11.9 Å². The van der Waals surface area contributed by atoms with Gasteiger partial charge in [-0.2, -0.15) is 15.0 Å². The molecule has 17 heavy (non-hydrogen) atoms. The third-order valence-corrected chi connectivity index (χ3v) is 2.23. The number of rotatable bonds is 4. The molecule has 0 aliphatic rings. The van der Waals surface area contributed by atoms with Crippen molar-refractivity contribution in [3.63, 3.8) is 0 Å². The van der Waals surface area contributed by atoms with Crippen LogP contribution in [-0.4, -0.2) is 29.7 Å². The van der Waals surface area contributed by atoms with Crippen LogP contribution in [0.15, 0.2) is 6.33 Å². The van der Waals surface area contributed by atoms with Gasteiger partial charge in [0.2, 0.25) is 11.9 Å². The molecular weight excluding hydrogens is 220 g/mol. The van der Waals surface area contributed by atoms with E-state index >= 15 is 0 Å². The van der Waals surface area contributed by atoms with Crippen LogP contribution < -0.4 is 11.1 Å². The van der Waals surface area contributed by atoms with Crippen molar-refractivity contribution in [2.75, 3.05) is 11.1 Å². The summed E-state index contributed by atoms with van der Waals surface area (Å²) in [6, 6.07) is 0. The van der Waals surface area contributed by atoms with E-state index in [0.29, 0.717) is 24.7 Å². The maximum Gasteiger partial charge on any atom is 0.228 e. The van der Waals surface area contributed by atoms with Gasteiger partial charge in [0.15, 0.2) is 5.82 Å². The van der Waals surface area contributed by atoms with Gasteiger partial charge in [-0.1, -0.05) is 6.92 Å². The second-order valence-electron chi connectivity index (χ2n) is 3.50. The van der Waals surface area contributed by atoms with Crippen molar-refractivity contribution in [2.24, 2.45) is 7.05 Å². The van der Waals surface area contributed by atoms with Gasteiger partial charge in [-0.15, -0.1) is 10.2 Å². The molecule has 0 bridgehead atoms. The molecule has 0 radical (unpaired) electrons. The van der Waals surface area contributed by atoms with E-state index in [9.17, 15) is 0 Å². The second-order valence-corrected chi connectivity index (χ2v) is 3.50. The summed E-state index contributed by atoms with van der Waals surface area (Å²) in [6.07, 6.45) is 2.35. The minimum atomic E-state index is 0.220. The van der Waals surface area contributed by atoms with Gasteiger partial charge in [0.25, 0.3) is 0 Å². The van der Waals surface area contributed by atoms with Gasteiger partial charge < -0.3 is 15.6 Å². The van der Waals surface area contributed by atoms with Gasteiger partial charge in [0, 0.05) is 13.5 Å². The average Bonchev–Trinajstić information content (AvgIpc) is 2.71. The summed E-state index contributed by atoms with van der Waals surface area (Å²) < 4.78 is 1.82. The van der Waals surface area contributed by atoms with Crippen LogP contribution in [0, 0.1) is 0 Å². The molecule has 0 amide bonds. The van der Waals surface area contributed by atoms with Crippen LogP contribution >= 0.6 is 0 Å². The molecule has 0 saturated carbocycles. The Hall–Kier alpha value is -2.25. The van der Waals surface area contributed by atoms with Gasteiger partial charge in [0.1, 0.15) is 12.2 Å². The molecule has 2 rings (SSSR count). The normalized spacial score (nSPS) is 10.5. The lowest BCUT2D eigenvalue weighted by Gasteiger charge is -2.05. The Kier molecular flexibility index (Phi) is 3.12. The topological polar surface area (TPSA) is 107 Å². The maximum atomic E-state index is 5.58. The SMILES string of the molecule is CCc1nc(N)nc(NCc2nncn2C)n1. The first-order valence-corrected chi connectivity index (χ1v) is 5.26. The van der Waals surface area contributed by atoms with Crippen molar-refractivity contribution in [2.45, 2.75) is 19.9 Å². The Morgan fingerprint density at radius 3 is 2.82 bits per heavy atom. The van der Waals surface area contributed by atoms with Crippen molar-refractivity contribution in [3.05, 3.63) is 18.0 Å². The molecular formula is C9H14N8. The zero-order valence-corrected chi connectivity index (χ0v) is 9.75. The fourth-order valence-corrected chi connectivity index (χ4v) is 1.30. The number of hydrogen-bond donors (Lipinski definition) is 2. The van der Waals surface area contributed by atoms with E-state index in [1.54, 1.807) is 6.33 Å². The van der Waals surface area contributed by atoms with Crippen LogP contribution in [0.1, 0.15) is 18.6 Å². The van der Waals surface area contributed by atoms with Crippen LogP contribution in [0.5, 0.6) is 0 Å². The number of nitrogen functional groups attached to an aromatic ring is 1. The van der Waals surface area contributed by atoms with Crippen LogP contribution in [0.3, 0.4) is 0 Å². The van der Waals surface area contributed by atoms with Crippen LogP contribution in [-0.2, 0) is 20.0 Å². The summed E-state index contributed by atoms with van der Waals surface area (Å²) in [7, 11) is 1.87. The predicted molar refractivity (Wildman–Crippen MR) is 61.9 cm³/mol. The first-order chi connectivity index (χ1) is 8.19. The maximum absolute atomic E-state index is 5.58. The van der Waals surface area contributed by atoms with Crippen molar-refractivity contribution in [1.29, 1.82) is 0 Å². The average molecular weight is 234 g/mol. The Labute approximate surface area is 98.3 Å². The molecule has 0 fully saturated rings. The van der Waals surface area contributed by atoms with Gasteiger partial charge in [-0.25, -0.2) is 0 Å². The third-order valence-electron chi connectivity index (χ3n) is 2.23. The van der Waals surface area contributed by atoms with Crippen LogP contribution in [0.25, 0.3) is 0 Å². The number of aromatic nitrogens is 6. The van der Waals surface area contributed by atoms with Crippen molar-refractivity contribution in [1.82, 2.24) is 29.7 Å². The lowest BCUT2D eigenvalue weighted by molar-refractivity contribution is 0.802. The number of hydrogen-bond acceptors (Lipinski definition) is 7. The number of aryl methyl sites for hydroxylation is 2. The summed E-state index contributed by atoms with van der Waals surface area (Å²) >= 11 is 0. The highest BCUT2D eigenvalue weighted by Gasteiger charge is 2.04.